The molecular weight excluding hydrogens is 701 g/mol. The third-order valence-electron chi connectivity index (χ3n) is 11.5. The number of aromatic nitrogens is 1. The number of anilines is 3. The highest BCUT2D eigenvalue weighted by Gasteiger charge is 2.20. The molecule has 11 rings (SSSR count). The molecule has 0 aliphatic rings. The fourth-order valence-electron chi connectivity index (χ4n) is 8.81. The summed E-state index contributed by atoms with van der Waals surface area (Å²) in [5, 5.41) is 7.52. The Morgan fingerprint density at radius 2 is 0.845 bits per heavy atom. The molecule has 58 heavy (non-hydrogen) atoms. The number of rotatable bonds is 7. The first kappa shape index (κ1) is 33.6. The molecule has 10 aromatic carbocycles. The molecule has 1 aromatic heterocycles. The number of hydrogen-bond donors (Lipinski definition) is 0. The van der Waals surface area contributed by atoms with Crippen molar-refractivity contribution in [3.05, 3.63) is 231 Å². The Morgan fingerprint density at radius 1 is 0.293 bits per heavy atom. The van der Waals surface area contributed by atoms with E-state index in [1.165, 1.54) is 76.7 Å². The Bertz CT molecular complexity index is 3270. The van der Waals surface area contributed by atoms with Gasteiger partial charge in [0, 0.05) is 33.5 Å². The van der Waals surface area contributed by atoms with E-state index in [4.69, 9.17) is 0 Å². The third kappa shape index (κ3) is 5.82. The summed E-state index contributed by atoms with van der Waals surface area (Å²) in [4.78, 5) is 2.39. The van der Waals surface area contributed by atoms with Crippen LogP contribution >= 0.6 is 0 Å². The van der Waals surface area contributed by atoms with Crippen molar-refractivity contribution in [3.8, 4) is 39.1 Å². The molecule has 0 saturated heterocycles. The lowest BCUT2D eigenvalue weighted by atomic mass is 9.96. The monoisotopic (exact) mass is 738 g/mol. The minimum Gasteiger partial charge on any atom is -0.310 e. The van der Waals surface area contributed by atoms with Gasteiger partial charge >= 0.3 is 0 Å². The van der Waals surface area contributed by atoms with E-state index in [2.05, 4.69) is 240 Å². The van der Waals surface area contributed by atoms with Crippen molar-refractivity contribution in [2.45, 2.75) is 0 Å². The average Bonchev–Trinajstić information content (AvgIpc) is 3.65. The van der Waals surface area contributed by atoms with E-state index in [9.17, 15) is 0 Å². The second-order valence-electron chi connectivity index (χ2n) is 15.0. The molecule has 2 nitrogen and oxygen atoms in total. The van der Waals surface area contributed by atoms with Gasteiger partial charge in [-0.25, -0.2) is 0 Å². The smallest absolute Gasteiger partial charge is 0.0547 e. The van der Waals surface area contributed by atoms with E-state index in [0.717, 1.165) is 22.7 Å². The lowest BCUT2D eigenvalue weighted by molar-refractivity contribution is 1.18. The van der Waals surface area contributed by atoms with Crippen LogP contribution in [-0.4, -0.2) is 4.57 Å². The molecule has 11 aromatic rings. The largest absolute Gasteiger partial charge is 0.310 e. The maximum Gasteiger partial charge on any atom is 0.0547 e. The van der Waals surface area contributed by atoms with Gasteiger partial charge in [-0.2, -0.15) is 0 Å². The summed E-state index contributed by atoms with van der Waals surface area (Å²) in [6.07, 6.45) is 0. The van der Waals surface area contributed by atoms with Crippen LogP contribution in [0.2, 0.25) is 0 Å². The number of benzene rings is 10. The second-order valence-corrected chi connectivity index (χ2v) is 15.0. The van der Waals surface area contributed by atoms with E-state index >= 15 is 0 Å². The highest BCUT2D eigenvalue weighted by atomic mass is 15.1. The Hall–Kier alpha value is -7.68. The lowest BCUT2D eigenvalue weighted by Crippen LogP contribution is -2.10. The van der Waals surface area contributed by atoms with Crippen molar-refractivity contribution in [2.75, 3.05) is 4.90 Å². The van der Waals surface area contributed by atoms with Gasteiger partial charge in [0.2, 0.25) is 0 Å². The quantitative estimate of drug-likeness (QED) is 0.158. The van der Waals surface area contributed by atoms with Crippen LogP contribution in [0.25, 0.3) is 82.4 Å². The van der Waals surface area contributed by atoms with Crippen molar-refractivity contribution in [3.63, 3.8) is 0 Å². The fraction of sp³-hybridized carbons (Fsp3) is 0. The van der Waals surface area contributed by atoms with Gasteiger partial charge in [0.25, 0.3) is 0 Å². The highest BCUT2D eigenvalue weighted by Crippen LogP contribution is 2.44. The van der Waals surface area contributed by atoms with Gasteiger partial charge in [0.05, 0.1) is 11.0 Å². The molecule has 0 aliphatic heterocycles. The molecule has 0 fully saturated rings. The standard InChI is InChI=1S/C56H38N2/c1-3-14-39(15-4-1)44-19-11-23-49(37-44)57(48-33-30-41(31-34-48)45-29-28-40-16-7-8-18-43(40)36-45)50-24-12-20-46(38-50)52-26-13-27-53-56(52)55-51-25-10-9-17-42(51)32-35-54(55)58(53)47-21-5-2-6-22-47/h1-38H. The van der Waals surface area contributed by atoms with Gasteiger partial charge in [0.15, 0.2) is 0 Å². The van der Waals surface area contributed by atoms with Gasteiger partial charge in [-0.3, -0.25) is 0 Å². The summed E-state index contributed by atoms with van der Waals surface area (Å²) in [5.41, 5.74) is 14.0. The van der Waals surface area contributed by atoms with E-state index in [0.29, 0.717) is 0 Å². The summed E-state index contributed by atoms with van der Waals surface area (Å²) in [6.45, 7) is 0. The van der Waals surface area contributed by atoms with Crippen LogP contribution in [0.5, 0.6) is 0 Å². The maximum absolute atomic E-state index is 2.42. The fourth-order valence-corrected chi connectivity index (χ4v) is 8.81. The first-order valence-corrected chi connectivity index (χ1v) is 19.9. The van der Waals surface area contributed by atoms with Crippen LogP contribution in [0.3, 0.4) is 0 Å². The first-order chi connectivity index (χ1) is 28.8. The van der Waals surface area contributed by atoms with Gasteiger partial charge < -0.3 is 9.47 Å². The molecule has 0 spiro atoms. The van der Waals surface area contributed by atoms with Gasteiger partial charge in [-0.15, -0.1) is 0 Å². The van der Waals surface area contributed by atoms with Crippen molar-refractivity contribution < 1.29 is 0 Å². The molecular formula is C56H38N2. The Kier molecular flexibility index (Phi) is 8.19. The minimum atomic E-state index is 1.09. The number of para-hydroxylation sites is 1. The Balaban J connectivity index is 1.10. The van der Waals surface area contributed by atoms with Crippen LogP contribution < -0.4 is 4.90 Å². The molecule has 0 amide bonds. The molecule has 1 heterocycles. The van der Waals surface area contributed by atoms with Crippen LogP contribution in [0.15, 0.2) is 231 Å². The van der Waals surface area contributed by atoms with Crippen molar-refractivity contribution in [2.24, 2.45) is 0 Å². The molecule has 0 radical (unpaired) electrons. The summed E-state index contributed by atoms with van der Waals surface area (Å²) < 4.78 is 2.42. The predicted octanol–water partition coefficient (Wildman–Crippen LogP) is 15.6. The summed E-state index contributed by atoms with van der Waals surface area (Å²) in [7, 11) is 0. The summed E-state index contributed by atoms with van der Waals surface area (Å²) >= 11 is 0. The maximum atomic E-state index is 2.42. The zero-order valence-electron chi connectivity index (χ0n) is 31.8. The summed E-state index contributed by atoms with van der Waals surface area (Å²) in [6, 6.07) is 83.7. The number of hydrogen-bond acceptors (Lipinski definition) is 1. The van der Waals surface area contributed by atoms with Gasteiger partial charge in [-0.1, -0.05) is 164 Å². The number of fused-ring (bicyclic) bond motifs is 6. The van der Waals surface area contributed by atoms with Crippen molar-refractivity contribution in [1.82, 2.24) is 4.57 Å². The van der Waals surface area contributed by atoms with E-state index in [1.807, 2.05) is 0 Å². The van der Waals surface area contributed by atoms with E-state index in [1.54, 1.807) is 0 Å². The minimum absolute atomic E-state index is 1.09. The third-order valence-corrected chi connectivity index (χ3v) is 11.5. The van der Waals surface area contributed by atoms with Crippen LogP contribution in [0, 0.1) is 0 Å². The first-order valence-electron chi connectivity index (χ1n) is 19.9. The van der Waals surface area contributed by atoms with Crippen molar-refractivity contribution >= 4 is 60.4 Å². The molecule has 0 unspecified atom stereocenters. The van der Waals surface area contributed by atoms with Gasteiger partial charge in [0.1, 0.15) is 0 Å². The Morgan fingerprint density at radius 3 is 1.64 bits per heavy atom. The normalized spacial score (nSPS) is 11.4. The van der Waals surface area contributed by atoms with E-state index in [-0.39, 0.29) is 0 Å². The van der Waals surface area contributed by atoms with Crippen molar-refractivity contribution in [1.29, 1.82) is 0 Å². The molecule has 0 N–H and O–H groups in total. The SMILES string of the molecule is c1ccc(-c2cccc(N(c3ccc(-c4ccc5ccccc5c4)cc3)c3cccc(-c4cccc5c4c4c6ccccc6ccc4n5-c4ccccc4)c3)c2)cc1. The lowest BCUT2D eigenvalue weighted by Gasteiger charge is -2.27. The van der Waals surface area contributed by atoms with Crippen LogP contribution in [0.4, 0.5) is 17.1 Å². The zero-order chi connectivity index (χ0) is 38.4. The molecule has 0 saturated carbocycles. The van der Waals surface area contributed by atoms with Crippen LogP contribution in [-0.2, 0) is 0 Å². The molecule has 0 atom stereocenters. The second kappa shape index (κ2) is 14.1. The highest BCUT2D eigenvalue weighted by molar-refractivity contribution is 6.25. The van der Waals surface area contributed by atoms with Gasteiger partial charge in [-0.05, 0) is 122 Å². The summed E-state index contributed by atoms with van der Waals surface area (Å²) in [5.74, 6) is 0. The molecule has 272 valence electrons. The topological polar surface area (TPSA) is 8.17 Å². The van der Waals surface area contributed by atoms with E-state index < -0.39 is 0 Å². The number of nitrogens with zero attached hydrogens (tertiary/aromatic N) is 2. The Labute approximate surface area is 338 Å². The molecule has 2 heteroatoms. The van der Waals surface area contributed by atoms with Crippen LogP contribution in [0.1, 0.15) is 0 Å². The zero-order valence-corrected chi connectivity index (χ0v) is 31.8. The average molecular weight is 739 g/mol. The molecule has 0 aliphatic carbocycles. The molecule has 0 bridgehead atoms. The predicted molar refractivity (Wildman–Crippen MR) is 247 cm³/mol.